The lowest BCUT2D eigenvalue weighted by atomic mass is 9.86. The van der Waals surface area contributed by atoms with Crippen molar-refractivity contribution < 1.29 is 14.3 Å². The summed E-state index contributed by atoms with van der Waals surface area (Å²) >= 11 is 0. The molecule has 0 aromatic heterocycles. The lowest BCUT2D eigenvalue weighted by Gasteiger charge is -2.22. The van der Waals surface area contributed by atoms with E-state index < -0.39 is 0 Å². The monoisotopic (exact) mass is 313 g/mol. The largest absolute Gasteiger partial charge is 0.497 e. The van der Waals surface area contributed by atoms with Crippen LogP contribution in [0.3, 0.4) is 0 Å². The number of benzene rings is 2. The SMILES string of the molecule is COc1ccc(NC(=O)COc2ccccc2C(C)(C)C)cc1. The number of anilines is 1. The summed E-state index contributed by atoms with van der Waals surface area (Å²) in [6.45, 7) is 6.32. The van der Waals surface area contributed by atoms with E-state index in [0.29, 0.717) is 5.69 Å². The van der Waals surface area contributed by atoms with Crippen LogP contribution in [0.4, 0.5) is 5.69 Å². The van der Waals surface area contributed by atoms with Gasteiger partial charge in [0.25, 0.3) is 5.91 Å². The molecule has 0 fully saturated rings. The minimum absolute atomic E-state index is 0.0286. The molecule has 0 aliphatic heterocycles. The minimum atomic E-state index is -0.195. The highest BCUT2D eigenvalue weighted by molar-refractivity contribution is 5.91. The van der Waals surface area contributed by atoms with Gasteiger partial charge in [0, 0.05) is 5.69 Å². The Labute approximate surface area is 137 Å². The zero-order valence-electron chi connectivity index (χ0n) is 14.1. The predicted molar refractivity (Wildman–Crippen MR) is 92.3 cm³/mol. The van der Waals surface area contributed by atoms with Crippen LogP contribution >= 0.6 is 0 Å². The lowest BCUT2D eigenvalue weighted by molar-refractivity contribution is -0.118. The van der Waals surface area contributed by atoms with Crippen molar-refractivity contribution in [2.75, 3.05) is 19.0 Å². The fourth-order valence-electron chi connectivity index (χ4n) is 2.23. The highest BCUT2D eigenvalue weighted by atomic mass is 16.5. The van der Waals surface area contributed by atoms with Gasteiger partial charge >= 0.3 is 0 Å². The number of hydrogen-bond donors (Lipinski definition) is 1. The summed E-state index contributed by atoms with van der Waals surface area (Å²) in [7, 11) is 1.61. The van der Waals surface area contributed by atoms with E-state index in [4.69, 9.17) is 9.47 Å². The zero-order chi connectivity index (χ0) is 16.9. The summed E-state index contributed by atoms with van der Waals surface area (Å²) in [4.78, 5) is 12.0. The summed E-state index contributed by atoms with van der Waals surface area (Å²) in [5.74, 6) is 1.29. The normalized spacial score (nSPS) is 11.0. The summed E-state index contributed by atoms with van der Waals surface area (Å²) in [5.41, 5.74) is 1.75. The number of rotatable bonds is 5. The van der Waals surface area contributed by atoms with Gasteiger partial charge in [-0.05, 0) is 41.3 Å². The lowest BCUT2D eigenvalue weighted by Crippen LogP contribution is -2.21. The van der Waals surface area contributed by atoms with Crippen LogP contribution in [-0.2, 0) is 10.2 Å². The molecular formula is C19H23NO3. The molecule has 4 heteroatoms. The average Bonchev–Trinajstić information content (AvgIpc) is 2.53. The molecule has 0 aliphatic rings. The Morgan fingerprint density at radius 1 is 1.04 bits per heavy atom. The van der Waals surface area contributed by atoms with Crippen LogP contribution in [0.2, 0.25) is 0 Å². The van der Waals surface area contributed by atoms with Crippen molar-refractivity contribution in [1.29, 1.82) is 0 Å². The third kappa shape index (κ3) is 4.74. The molecule has 0 unspecified atom stereocenters. The number of methoxy groups -OCH3 is 1. The van der Waals surface area contributed by atoms with Gasteiger partial charge in [-0.2, -0.15) is 0 Å². The third-order valence-electron chi connectivity index (χ3n) is 3.43. The van der Waals surface area contributed by atoms with Crippen LogP contribution in [0.25, 0.3) is 0 Å². The molecule has 0 atom stereocenters. The van der Waals surface area contributed by atoms with E-state index in [9.17, 15) is 4.79 Å². The van der Waals surface area contributed by atoms with Gasteiger partial charge in [-0.25, -0.2) is 0 Å². The smallest absolute Gasteiger partial charge is 0.262 e. The molecule has 0 heterocycles. The molecule has 4 nitrogen and oxygen atoms in total. The highest BCUT2D eigenvalue weighted by Gasteiger charge is 2.18. The number of ether oxygens (including phenoxy) is 2. The number of amides is 1. The molecule has 1 N–H and O–H groups in total. The molecule has 2 aromatic carbocycles. The second-order valence-electron chi connectivity index (χ2n) is 6.31. The van der Waals surface area contributed by atoms with Crippen LogP contribution in [-0.4, -0.2) is 19.6 Å². The molecular weight excluding hydrogens is 290 g/mol. The van der Waals surface area contributed by atoms with Crippen LogP contribution < -0.4 is 14.8 Å². The average molecular weight is 313 g/mol. The second kappa shape index (κ2) is 7.18. The summed E-state index contributed by atoms with van der Waals surface area (Å²) < 4.78 is 10.8. The van der Waals surface area contributed by atoms with Gasteiger partial charge < -0.3 is 14.8 Å². The Morgan fingerprint density at radius 2 is 1.70 bits per heavy atom. The number of nitrogens with one attached hydrogen (secondary N) is 1. The molecule has 23 heavy (non-hydrogen) atoms. The van der Waals surface area contributed by atoms with Crippen molar-refractivity contribution in [2.45, 2.75) is 26.2 Å². The maximum Gasteiger partial charge on any atom is 0.262 e. The molecule has 0 spiro atoms. The molecule has 0 bridgehead atoms. The van der Waals surface area contributed by atoms with Crippen molar-refractivity contribution in [1.82, 2.24) is 0 Å². The van der Waals surface area contributed by atoms with Gasteiger partial charge in [0.05, 0.1) is 7.11 Å². The zero-order valence-corrected chi connectivity index (χ0v) is 14.1. The van der Waals surface area contributed by atoms with E-state index in [1.807, 2.05) is 24.3 Å². The van der Waals surface area contributed by atoms with E-state index in [1.165, 1.54) is 0 Å². The Balaban J connectivity index is 1.97. The van der Waals surface area contributed by atoms with Crippen LogP contribution in [0, 0.1) is 0 Å². The molecule has 0 saturated heterocycles. The number of para-hydroxylation sites is 1. The topological polar surface area (TPSA) is 47.6 Å². The van der Waals surface area contributed by atoms with E-state index in [0.717, 1.165) is 17.1 Å². The number of carbonyl (C=O) groups excluding carboxylic acids is 1. The summed E-state index contributed by atoms with van der Waals surface area (Å²) in [5, 5.41) is 2.80. The first-order chi connectivity index (χ1) is 10.9. The fraction of sp³-hybridized carbons (Fsp3) is 0.316. The van der Waals surface area contributed by atoms with Gasteiger partial charge in [0.2, 0.25) is 0 Å². The van der Waals surface area contributed by atoms with Crippen molar-refractivity contribution in [3.05, 3.63) is 54.1 Å². The van der Waals surface area contributed by atoms with Crippen LogP contribution in [0.1, 0.15) is 26.3 Å². The Hall–Kier alpha value is -2.49. The van der Waals surface area contributed by atoms with Crippen molar-refractivity contribution in [3.63, 3.8) is 0 Å². The fourth-order valence-corrected chi connectivity index (χ4v) is 2.23. The van der Waals surface area contributed by atoms with Crippen molar-refractivity contribution in [2.24, 2.45) is 0 Å². The van der Waals surface area contributed by atoms with Gasteiger partial charge in [-0.3, -0.25) is 4.79 Å². The molecule has 122 valence electrons. The summed E-state index contributed by atoms with van der Waals surface area (Å²) in [6, 6.07) is 15.0. The molecule has 0 radical (unpaired) electrons. The van der Waals surface area contributed by atoms with E-state index >= 15 is 0 Å². The van der Waals surface area contributed by atoms with Gasteiger partial charge in [0.15, 0.2) is 6.61 Å². The van der Waals surface area contributed by atoms with Crippen LogP contribution in [0.5, 0.6) is 11.5 Å². The van der Waals surface area contributed by atoms with Gasteiger partial charge in [0.1, 0.15) is 11.5 Å². The maximum atomic E-state index is 12.0. The highest BCUT2D eigenvalue weighted by Crippen LogP contribution is 2.30. The predicted octanol–water partition coefficient (Wildman–Crippen LogP) is 4.01. The molecule has 2 rings (SSSR count). The Morgan fingerprint density at radius 3 is 2.30 bits per heavy atom. The molecule has 0 aliphatic carbocycles. The van der Waals surface area contributed by atoms with E-state index in [-0.39, 0.29) is 17.9 Å². The van der Waals surface area contributed by atoms with Crippen molar-refractivity contribution in [3.8, 4) is 11.5 Å². The van der Waals surface area contributed by atoms with Crippen LogP contribution in [0.15, 0.2) is 48.5 Å². The van der Waals surface area contributed by atoms with Crippen molar-refractivity contribution >= 4 is 11.6 Å². The molecule has 0 saturated carbocycles. The quantitative estimate of drug-likeness (QED) is 0.907. The Kier molecular flexibility index (Phi) is 5.27. The third-order valence-corrected chi connectivity index (χ3v) is 3.43. The standard InChI is InChI=1S/C19H23NO3/c1-19(2,3)16-7-5-6-8-17(16)23-13-18(21)20-14-9-11-15(22-4)12-10-14/h5-12H,13H2,1-4H3,(H,20,21). The maximum absolute atomic E-state index is 12.0. The number of hydrogen-bond acceptors (Lipinski definition) is 3. The van der Waals surface area contributed by atoms with Gasteiger partial charge in [-0.1, -0.05) is 39.0 Å². The molecule has 1 amide bonds. The first kappa shape index (κ1) is 16.9. The molecule has 2 aromatic rings. The van der Waals surface area contributed by atoms with E-state index in [1.54, 1.807) is 31.4 Å². The first-order valence-electron chi connectivity index (χ1n) is 7.56. The first-order valence-corrected chi connectivity index (χ1v) is 7.56. The van der Waals surface area contributed by atoms with E-state index in [2.05, 4.69) is 26.1 Å². The summed E-state index contributed by atoms with van der Waals surface area (Å²) in [6.07, 6.45) is 0. The van der Waals surface area contributed by atoms with Gasteiger partial charge in [-0.15, -0.1) is 0 Å². The second-order valence-corrected chi connectivity index (χ2v) is 6.31. The Bertz CT molecular complexity index is 657. The number of carbonyl (C=O) groups is 1. The minimum Gasteiger partial charge on any atom is -0.497 e.